The largest absolute Gasteiger partial charge is 0.496 e. The lowest BCUT2D eigenvalue weighted by molar-refractivity contribution is -0.919. The fourth-order valence-corrected chi connectivity index (χ4v) is 4.60. The lowest BCUT2D eigenvalue weighted by Crippen LogP contribution is -3.10. The Morgan fingerprint density at radius 2 is 1.67 bits per heavy atom. The SMILES string of the molecule is COc1ccccc1CCNC(=O)C[NH+](Cc1cccs1)Cc1cccs1. The maximum atomic E-state index is 12.5. The number of hydrogen-bond acceptors (Lipinski definition) is 4. The molecule has 27 heavy (non-hydrogen) atoms. The molecule has 142 valence electrons. The smallest absolute Gasteiger partial charge is 0.275 e. The van der Waals surface area contributed by atoms with Gasteiger partial charge >= 0.3 is 0 Å². The van der Waals surface area contributed by atoms with E-state index >= 15 is 0 Å². The Kier molecular flexibility index (Phi) is 7.45. The van der Waals surface area contributed by atoms with Gasteiger partial charge in [-0.3, -0.25) is 4.79 Å². The van der Waals surface area contributed by atoms with Crippen LogP contribution in [0, 0.1) is 0 Å². The molecule has 0 aliphatic heterocycles. The van der Waals surface area contributed by atoms with Crippen molar-refractivity contribution in [3.8, 4) is 5.75 Å². The van der Waals surface area contributed by atoms with Crippen molar-refractivity contribution in [1.82, 2.24) is 5.32 Å². The van der Waals surface area contributed by atoms with Crippen molar-refractivity contribution in [1.29, 1.82) is 0 Å². The fraction of sp³-hybridized carbons (Fsp3) is 0.286. The maximum Gasteiger partial charge on any atom is 0.275 e. The van der Waals surface area contributed by atoms with Crippen LogP contribution in [-0.4, -0.2) is 26.1 Å². The monoisotopic (exact) mass is 401 g/mol. The number of hydrogen-bond donors (Lipinski definition) is 2. The summed E-state index contributed by atoms with van der Waals surface area (Å²) in [5.41, 5.74) is 1.11. The van der Waals surface area contributed by atoms with E-state index in [0.717, 1.165) is 30.8 Å². The number of methoxy groups -OCH3 is 1. The Labute approximate surface area is 168 Å². The molecule has 0 bridgehead atoms. The zero-order valence-corrected chi connectivity index (χ0v) is 17.1. The third kappa shape index (κ3) is 6.20. The highest BCUT2D eigenvalue weighted by Gasteiger charge is 2.16. The van der Waals surface area contributed by atoms with Crippen molar-refractivity contribution in [2.45, 2.75) is 19.5 Å². The van der Waals surface area contributed by atoms with E-state index in [0.29, 0.717) is 13.1 Å². The highest BCUT2D eigenvalue weighted by molar-refractivity contribution is 7.10. The van der Waals surface area contributed by atoms with Crippen LogP contribution in [0.25, 0.3) is 0 Å². The van der Waals surface area contributed by atoms with E-state index in [1.54, 1.807) is 29.8 Å². The van der Waals surface area contributed by atoms with Crippen LogP contribution in [0.2, 0.25) is 0 Å². The molecule has 0 aliphatic rings. The summed E-state index contributed by atoms with van der Waals surface area (Å²) in [5, 5.41) is 7.24. The van der Waals surface area contributed by atoms with Gasteiger partial charge in [-0.2, -0.15) is 0 Å². The van der Waals surface area contributed by atoms with Gasteiger partial charge in [0.05, 0.1) is 16.9 Å². The molecular formula is C21H25N2O2S2+. The summed E-state index contributed by atoms with van der Waals surface area (Å²) in [6.07, 6.45) is 0.765. The Balaban J connectivity index is 1.52. The van der Waals surface area contributed by atoms with Crippen LogP contribution in [0.3, 0.4) is 0 Å². The number of para-hydroxylation sites is 1. The average molecular weight is 402 g/mol. The van der Waals surface area contributed by atoms with Crippen LogP contribution >= 0.6 is 22.7 Å². The zero-order chi connectivity index (χ0) is 18.9. The number of rotatable bonds is 10. The first-order valence-corrected chi connectivity index (χ1v) is 10.8. The van der Waals surface area contributed by atoms with Crippen molar-refractivity contribution in [2.75, 3.05) is 20.2 Å². The molecule has 2 N–H and O–H groups in total. The minimum absolute atomic E-state index is 0.0908. The van der Waals surface area contributed by atoms with Crippen LogP contribution in [0.4, 0.5) is 0 Å². The van der Waals surface area contributed by atoms with E-state index in [1.807, 2.05) is 24.3 Å². The molecule has 0 saturated heterocycles. The minimum atomic E-state index is 0.0908. The number of thiophene rings is 2. The van der Waals surface area contributed by atoms with Gasteiger partial charge in [0.1, 0.15) is 18.8 Å². The van der Waals surface area contributed by atoms with Crippen molar-refractivity contribution in [2.24, 2.45) is 0 Å². The Bertz CT molecular complexity index is 780. The van der Waals surface area contributed by atoms with Crippen molar-refractivity contribution >= 4 is 28.6 Å². The normalized spacial score (nSPS) is 10.9. The molecule has 3 aromatic rings. The Morgan fingerprint density at radius 1 is 1.00 bits per heavy atom. The first-order valence-electron chi connectivity index (χ1n) is 9.01. The predicted molar refractivity (Wildman–Crippen MR) is 112 cm³/mol. The molecule has 0 radical (unpaired) electrons. The van der Waals surface area contributed by atoms with E-state index in [1.165, 1.54) is 14.7 Å². The van der Waals surface area contributed by atoms with Gasteiger partial charge < -0.3 is 15.0 Å². The van der Waals surface area contributed by atoms with Gasteiger partial charge in [0, 0.05) is 6.54 Å². The molecule has 0 atom stereocenters. The van der Waals surface area contributed by atoms with Gasteiger partial charge in [0.15, 0.2) is 6.54 Å². The molecule has 0 fully saturated rings. The second-order valence-corrected chi connectivity index (χ2v) is 8.42. The molecule has 0 aliphatic carbocycles. The number of amides is 1. The number of nitrogens with one attached hydrogen (secondary N) is 2. The average Bonchev–Trinajstić information content (AvgIpc) is 3.36. The van der Waals surface area contributed by atoms with Gasteiger partial charge in [-0.25, -0.2) is 0 Å². The molecule has 4 nitrogen and oxygen atoms in total. The van der Waals surface area contributed by atoms with Crippen molar-refractivity contribution in [3.63, 3.8) is 0 Å². The summed E-state index contributed by atoms with van der Waals surface area (Å²) in [4.78, 5) is 16.4. The number of benzene rings is 1. The van der Waals surface area contributed by atoms with Crippen LogP contribution < -0.4 is 15.0 Å². The highest BCUT2D eigenvalue weighted by Crippen LogP contribution is 2.17. The summed E-state index contributed by atoms with van der Waals surface area (Å²) < 4.78 is 5.37. The molecule has 2 heterocycles. The van der Waals surface area contributed by atoms with Gasteiger partial charge in [-0.1, -0.05) is 30.3 Å². The lowest BCUT2D eigenvalue weighted by atomic mass is 10.1. The first kappa shape index (κ1) is 19.6. The topological polar surface area (TPSA) is 42.8 Å². The molecule has 3 rings (SSSR count). The van der Waals surface area contributed by atoms with Crippen LogP contribution in [-0.2, 0) is 24.3 Å². The van der Waals surface area contributed by atoms with Gasteiger partial charge in [-0.15, -0.1) is 22.7 Å². The molecule has 0 saturated carbocycles. The van der Waals surface area contributed by atoms with Gasteiger partial charge in [-0.05, 0) is 40.9 Å². The van der Waals surface area contributed by atoms with E-state index in [2.05, 4.69) is 40.3 Å². The predicted octanol–water partition coefficient (Wildman–Crippen LogP) is 2.76. The Morgan fingerprint density at radius 3 is 2.26 bits per heavy atom. The highest BCUT2D eigenvalue weighted by atomic mass is 32.1. The van der Waals surface area contributed by atoms with E-state index in [9.17, 15) is 4.79 Å². The standard InChI is InChI=1S/C21H24N2O2S2/c1-25-20-9-3-2-6-17(20)10-11-22-21(24)16-23(14-18-7-4-12-26-18)15-19-8-5-13-27-19/h2-9,12-13H,10-11,14-16H2,1H3,(H,22,24)/p+1. The summed E-state index contributed by atoms with van der Waals surface area (Å²) in [6, 6.07) is 16.3. The third-order valence-corrected chi connectivity index (χ3v) is 6.08. The first-order chi connectivity index (χ1) is 13.2. The molecule has 0 spiro atoms. The third-order valence-electron chi connectivity index (χ3n) is 4.33. The second kappa shape index (κ2) is 10.3. The molecule has 1 aromatic carbocycles. The van der Waals surface area contributed by atoms with Gasteiger partial charge in [0.25, 0.3) is 5.91 Å². The van der Waals surface area contributed by atoms with Gasteiger partial charge in [0.2, 0.25) is 0 Å². The number of quaternary nitrogens is 1. The molecule has 1 amide bonds. The Hall–Kier alpha value is -2.15. The summed E-state index contributed by atoms with van der Waals surface area (Å²) in [7, 11) is 1.67. The number of ether oxygens (including phenoxy) is 1. The number of carbonyl (C=O) groups is 1. The zero-order valence-electron chi connectivity index (χ0n) is 15.4. The van der Waals surface area contributed by atoms with Crippen LogP contribution in [0.1, 0.15) is 15.3 Å². The number of carbonyl (C=O) groups excluding carboxylic acids is 1. The quantitative estimate of drug-likeness (QED) is 0.549. The maximum absolute atomic E-state index is 12.5. The lowest BCUT2D eigenvalue weighted by Gasteiger charge is -2.18. The van der Waals surface area contributed by atoms with Crippen LogP contribution in [0.5, 0.6) is 5.75 Å². The van der Waals surface area contributed by atoms with Crippen molar-refractivity contribution < 1.29 is 14.4 Å². The summed E-state index contributed by atoms with van der Waals surface area (Å²) >= 11 is 3.49. The van der Waals surface area contributed by atoms with E-state index < -0.39 is 0 Å². The molecule has 6 heteroatoms. The van der Waals surface area contributed by atoms with E-state index in [-0.39, 0.29) is 5.91 Å². The van der Waals surface area contributed by atoms with E-state index in [4.69, 9.17) is 4.74 Å². The molecule has 2 aromatic heterocycles. The second-order valence-electron chi connectivity index (χ2n) is 6.35. The summed E-state index contributed by atoms with van der Waals surface area (Å²) in [5.74, 6) is 0.961. The fourth-order valence-electron chi connectivity index (χ4n) is 3.04. The van der Waals surface area contributed by atoms with Crippen LogP contribution in [0.15, 0.2) is 59.3 Å². The molecule has 0 unspecified atom stereocenters. The minimum Gasteiger partial charge on any atom is -0.496 e. The molecular weight excluding hydrogens is 376 g/mol. The van der Waals surface area contributed by atoms with Crippen molar-refractivity contribution in [3.05, 3.63) is 74.6 Å². The summed E-state index contributed by atoms with van der Waals surface area (Å²) in [6.45, 7) is 2.83.